The molecule has 1 amide bonds. The van der Waals surface area contributed by atoms with Crippen LogP contribution >= 0.6 is 0 Å². The Balaban J connectivity index is 1.56. The third kappa shape index (κ3) is 3.93. The van der Waals surface area contributed by atoms with Crippen molar-refractivity contribution in [1.82, 2.24) is 20.2 Å². The van der Waals surface area contributed by atoms with Crippen LogP contribution in [0.1, 0.15) is 21.6 Å². The first-order valence-corrected chi connectivity index (χ1v) is 8.73. The average molecular weight is 413 g/mol. The Hall–Kier alpha value is -3.95. The van der Waals surface area contributed by atoms with Crippen molar-refractivity contribution < 1.29 is 22.7 Å². The van der Waals surface area contributed by atoms with Crippen molar-refractivity contribution in [2.45, 2.75) is 13.1 Å². The van der Waals surface area contributed by atoms with Crippen LogP contribution < -0.4 is 10.1 Å². The van der Waals surface area contributed by atoms with Gasteiger partial charge in [-0.15, -0.1) is 0 Å². The van der Waals surface area contributed by atoms with E-state index in [1.807, 2.05) is 6.92 Å². The molecule has 1 aromatic carbocycles. The Bertz CT molecular complexity index is 1240. The van der Waals surface area contributed by atoms with Gasteiger partial charge in [0.15, 0.2) is 5.65 Å². The van der Waals surface area contributed by atoms with Crippen molar-refractivity contribution in [3.63, 3.8) is 0 Å². The lowest BCUT2D eigenvalue weighted by Gasteiger charge is -2.10. The van der Waals surface area contributed by atoms with E-state index in [2.05, 4.69) is 25.5 Å². The Morgan fingerprint density at radius 3 is 2.70 bits per heavy atom. The number of nitrogens with one attached hydrogen (secondary N) is 2. The summed E-state index contributed by atoms with van der Waals surface area (Å²) in [5.74, 6) is 0.0498. The summed E-state index contributed by atoms with van der Waals surface area (Å²) in [5.41, 5.74) is 0.565. The number of rotatable bonds is 4. The van der Waals surface area contributed by atoms with Crippen LogP contribution in [0.3, 0.4) is 0 Å². The van der Waals surface area contributed by atoms with E-state index in [1.165, 1.54) is 12.1 Å². The Labute approximate surface area is 167 Å². The van der Waals surface area contributed by atoms with Crippen molar-refractivity contribution in [3.05, 3.63) is 71.7 Å². The number of halogens is 3. The fourth-order valence-electron chi connectivity index (χ4n) is 2.84. The molecule has 0 aliphatic carbocycles. The first-order valence-electron chi connectivity index (χ1n) is 8.73. The van der Waals surface area contributed by atoms with E-state index in [-0.39, 0.29) is 11.4 Å². The summed E-state index contributed by atoms with van der Waals surface area (Å²) < 4.78 is 44.4. The van der Waals surface area contributed by atoms with Gasteiger partial charge in [0.1, 0.15) is 17.3 Å². The van der Waals surface area contributed by atoms with Crippen LogP contribution in [0.25, 0.3) is 11.0 Å². The average Bonchev–Trinajstić information content (AvgIpc) is 3.10. The van der Waals surface area contributed by atoms with Gasteiger partial charge in [-0.1, -0.05) is 6.07 Å². The van der Waals surface area contributed by atoms with Gasteiger partial charge in [-0.05, 0) is 43.3 Å². The minimum Gasteiger partial charge on any atom is -0.456 e. The van der Waals surface area contributed by atoms with E-state index >= 15 is 0 Å². The Morgan fingerprint density at radius 2 is 1.90 bits per heavy atom. The molecule has 0 saturated heterocycles. The van der Waals surface area contributed by atoms with Gasteiger partial charge in [0.2, 0.25) is 0 Å². The largest absolute Gasteiger partial charge is 0.456 e. The molecular formula is C20H14F3N5O2. The van der Waals surface area contributed by atoms with Gasteiger partial charge in [0, 0.05) is 23.7 Å². The molecule has 0 spiro atoms. The highest BCUT2D eigenvalue weighted by molar-refractivity contribution is 6.04. The van der Waals surface area contributed by atoms with Crippen molar-refractivity contribution in [1.29, 1.82) is 0 Å². The molecule has 0 saturated carbocycles. The zero-order valence-electron chi connectivity index (χ0n) is 15.5. The molecule has 2 N–H and O–H groups in total. The molecule has 0 aliphatic rings. The van der Waals surface area contributed by atoms with Crippen LogP contribution in [-0.2, 0) is 6.18 Å². The summed E-state index contributed by atoms with van der Waals surface area (Å²) in [6.45, 7) is 1.83. The number of amides is 1. The van der Waals surface area contributed by atoms with Crippen LogP contribution in [0.2, 0.25) is 0 Å². The van der Waals surface area contributed by atoms with E-state index in [1.54, 1.807) is 24.4 Å². The minimum atomic E-state index is -4.53. The molecule has 0 fully saturated rings. The number of alkyl halides is 3. The maximum absolute atomic E-state index is 12.8. The number of carbonyl (C=O) groups is 1. The smallest absolute Gasteiger partial charge is 0.416 e. The zero-order valence-corrected chi connectivity index (χ0v) is 15.5. The number of aromatic nitrogens is 4. The van der Waals surface area contributed by atoms with E-state index < -0.39 is 17.6 Å². The number of anilines is 1. The summed E-state index contributed by atoms with van der Waals surface area (Å²) >= 11 is 0. The fourth-order valence-corrected chi connectivity index (χ4v) is 2.84. The topological polar surface area (TPSA) is 92.8 Å². The molecule has 3 heterocycles. The Morgan fingerprint density at radius 1 is 1.10 bits per heavy atom. The summed E-state index contributed by atoms with van der Waals surface area (Å²) in [4.78, 5) is 20.4. The zero-order chi connectivity index (χ0) is 21.3. The molecule has 0 bridgehead atoms. The van der Waals surface area contributed by atoms with E-state index in [4.69, 9.17) is 4.74 Å². The van der Waals surface area contributed by atoms with Crippen LogP contribution in [0.15, 0.2) is 54.9 Å². The molecule has 152 valence electrons. The second-order valence-electron chi connectivity index (χ2n) is 6.37. The second-order valence-corrected chi connectivity index (χ2v) is 6.37. The molecule has 10 heteroatoms. The fraction of sp³-hybridized carbons (Fsp3) is 0.100. The molecular weight excluding hydrogens is 399 g/mol. The molecule has 0 aliphatic heterocycles. The molecule has 4 rings (SSSR count). The number of carbonyl (C=O) groups excluding carboxylic acids is 1. The third-order valence-corrected chi connectivity index (χ3v) is 4.25. The van der Waals surface area contributed by atoms with Crippen LogP contribution in [0, 0.1) is 6.92 Å². The number of nitrogens with zero attached hydrogens (tertiary/aromatic N) is 3. The molecule has 3 aromatic heterocycles. The summed E-state index contributed by atoms with van der Waals surface area (Å²) in [6.07, 6.45) is -2.00. The lowest BCUT2D eigenvalue weighted by Crippen LogP contribution is -2.14. The normalized spacial score (nSPS) is 11.5. The van der Waals surface area contributed by atoms with Crippen molar-refractivity contribution in [2.24, 2.45) is 0 Å². The number of ether oxygens (including phenoxy) is 1. The minimum absolute atomic E-state index is 0.195. The number of hydrogen-bond acceptors (Lipinski definition) is 5. The highest BCUT2D eigenvalue weighted by atomic mass is 19.4. The van der Waals surface area contributed by atoms with Gasteiger partial charge in [0.05, 0.1) is 10.9 Å². The number of benzene rings is 1. The number of hydrogen-bond donors (Lipinski definition) is 2. The van der Waals surface area contributed by atoms with E-state index in [9.17, 15) is 18.0 Å². The molecule has 0 unspecified atom stereocenters. The third-order valence-electron chi connectivity index (χ3n) is 4.25. The van der Waals surface area contributed by atoms with Crippen LogP contribution in [-0.4, -0.2) is 26.1 Å². The molecule has 0 radical (unpaired) electrons. The van der Waals surface area contributed by atoms with Gasteiger partial charge in [0.25, 0.3) is 5.91 Å². The molecule has 30 heavy (non-hydrogen) atoms. The highest BCUT2D eigenvalue weighted by Crippen LogP contribution is 2.31. The number of aromatic amines is 1. The predicted molar refractivity (Wildman–Crippen MR) is 102 cm³/mol. The van der Waals surface area contributed by atoms with Gasteiger partial charge < -0.3 is 10.1 Å². The van der Waals surface area contributed by atoms with Crippen molar-refractivity contribution in [3.8, 4) is 11.5 Å². The maximum atomic E-state index is 12.8. The van der Waals surface area contributed by atoms with E-state index in [0.29, 0.717) is 22.5 Å². The summed E-state index contributed by atoms with van der Waals surface area (Å²) in [7, 11) is 0. The predicted octanol–water partition coefficient (Wildman–Crippen LogP) is 4.72. The van der Waals surface area contributed by atoms with Crippen molar-refractivity contribution >= 4 is 22.8 Å². The van der Waals surface area contributed by atoms with Gasteiger partial charge in [-0.2, -0.15) is 18.3 Å². The maximum Gasteiger partial charge on any atom is 0.416 e. The molecule has 7 nitrogen and oxygen atoms in total. The Kier molecular flexibility index (Phi) is 4.82. The van der Waals surface area contributed by atoms with Gasteiger partial charge >= 0.3 is 6.18 Å². The van der Waals surface area contributed by atoms with Gasteiger partial charge in [-0.25, -0.2) is 9.97 Å². The molecule has 4 aromatic rings. The monoisotopic (exact) mass is 413 g/mol. The van der Waals surface area contributed by atoms with Crippen LogP contribution in [0.5, 0.6) is 11.5 Å². The lowest BCUT2D eigenvalue weighted by molar-refractivity contribution is -0.137. The standard InChI is InChI=1S/C20H14F3N5O2/c1-11-17-15(6-8-25-18(17)28-27-11)30-14-4-2-3-12(9-14)19(29)26-16-10-13(5-7-24-16)20(21,22)23/h2-10H,1H3,(H,24,26,29)(H,25,27,28). The highest BCUT2D eigenvalue weighted by Gasteiger charge is 2.30. The SMILES string of the molecule is Cc1[nH]nc2nccc(Oc3cccc(C(=O)Nc4cc(C(F)(F)F)ccn4)c3)c12. The number of fused-ring (bicyclic) bond motifs is 1. The number of aryl methyl sites for hydroxylation is 1. The first-order chi connectivity index (χ1) is 14.3. The molecule has 0 atom stereocenters. The van der Waals surface area contributed by atoms with Crippen LogP contribution in [0.4, 0.5) is 19.0 Å². The van der Waals surface area contributed by atoms with Gasteiger partial charge in [-0.3, -0.25) is 9.89 Å². The summed E-state index contributed by atoms with van der Waals surface area (Å²) in [5, 5.41) is 9.98. The lowest BCUT2D eigenvalue weighted by atomic mass is 10.2. The quantitative estimate of drug-likeness (QED) is 0.505. The summed E-state index contributed by atoms with van der Waals surface area (Å²) in [6, 6.07) is 9.52. The first kappa shape index (κ1) is 19.4. The van der Waals surface area contributed by atoms with Crippen molar-refractivity contribution in [2.75, 3.05) is 5.32 Å². The van der Waals surface area contributed by atoms with E-state index in [0.717, 1.165) is 24.0 Å². The number of pyridine rings is 2. The number of H-pyrrole nitrogens is 1. The second kappa shape index (κ2) is 7.47.